The first-order chi connectivity index (χ1) is 15.5. The SMILES string of the molecule is COc1cc([N+](=O)[O-])ccc1NC(=O)/C(C#N)=C\Nc1ccc(Nc2ccccc2)cc1. The summed E-state index contributed by atoms with van der Waals surface area (Å²) in [6.07, 6.45) is 1.28. The zero-order chi connectivity index (χ0) is 22.9. The maximum Gasteiger partial charge on any atom is 0.273 e. The van der Waals surface area contributed by atoms with E-state index in [0.29, 0.717) is 5.69 Å². The molecule has 0 aliphatic heterocycles. The molecule has 0 saturated carbocycles. The van der Waals surface area contributed by atoms with Crippen molar-refractivity contribution in [3.05, 3.63) is 94.7 Å². The monoisotopic (exact) mass is 429 g/mol. The number of carbonyl (C=O) groups excluding carboxylic acids is 1. The molecule has 1 amide bonds. The summed E-state index contributed by atoms with van der Waals surface area (Å²) in [4.78, 5) is 22.8. The van der Waals surface area contributed by atoms with E-state index in [4.69, 9.17) is 4.74 Å². The molecule has 160 valence electrons. The average molecular weight is 429 g/mol. The standard InChI is InChI=1S/C23H19N5O4/c1-32-22-13-20(28(30)31)11-12-21(22)27-23(29)16(14-24)15-25-17-7-9-19(10-8-17)26-18-5-3-2-4-6-18/h2-13,15,25-26H,1H3,(H,27,29)/b16-15-. The Balaban J connectivity index is 1.66. The number of hydrogen-bond acceptors (Lipinski definition) is 7. The molecule has 9 heteroatoms. The molecule has 0 saturated heterocycles. The van der Waals surface area contributed by atoms with Gasteiger partial charge in [-0.15, -0.1) is 0 Å². The van der Waals surface area contributed by atoms with E-state index >= 15 is 0 Å². The zero-order valence-corrected chi connectivity index (χ0v) is 17.0. The summed E-state index contributed by atoms with van der Waals surface area (Å²) >= 11 is 0. The summed E-state index contributed by atoms with van der Waals surface area (Å²) in [6, 6.07) is 22.6. The van der Waals surface area contributed by atoms with E-state index in [1.54, 1.807) is 12.1 Å². The Hall–Kier alpha value is -4.84. The fourth-order valence-electron chi connectivity index (χ4n) is 2.73. The fourth-order valence-corrected chi connectivity index (χ4v) is 2.73. The number of rotatable bonds is 8. The molecule has 0 spiro atoms. The topological polar surface area (TPSA) is 129 Å². The highest BCUT2D eigenvalue weighted by Crippen LogP contribution is 2.29. The average Bonchev–Trinajstić information content (AvgIpc) is 2.81. The van der Waals surface area contributed by atoms with Crippen LogP contribution in [0.5, 0.6) is 5.75 Å². The smallest absolute Gasteiger partial charge is 0.273 e. The van der Waals surface area contributed by atoms with Crippen molar-refractivity contribution >= 4 is 34.3 Å². The largest absolute Gasteiger partial charge is 0.494 e. The number of nitrogens with zero attached hydrogens (tertiary/aromatic N) is 2. The van der Waals surface area contributed by atoms with E-state index in [2.05, 4.69) is 16.0 Å². The highest BCUT2D eigenvalue weighted by Gasteiger charge is 2.15. The molecule has 3 aromatic carbocycles. The van der Waals surface area contributed by atoms with Gasteiger partial charge in [0.15, 0.2) is 0 Å². The lowest BCUT2D eigenvalue weighted by molar-refractivity contribution is -0.384. The van der Waals surface area contributed by atoms with Gasteiger partial charge < -0.3 is 20.7 Å². The van der Waals surface area contributed by atoms with Crippen molar-refractivity contribution in [1.29, 1.82) is 5.26 Å². The fraction of sp³-hybridized carbons (Fsp3) is 0.0435. The number of para-hydroxylation sites is 1. The van der Waals surface area contributed by atoms with Crippen LogP contribution in [0.1, 0.15) is 0 Å². The number of nitro groups is 1. The molecule has 9 nitrogen and oxygen atoms in total. The van der Waals surface area contributed by atoms with Crippen LogP contribution in [-0.4, -0.2) is 17.9 Å². The maximum absolute atomic E-state index is 12.5. The number of hydrogen-bond donors (Lipinski definition) is 3. The molecular weight excluding hydrogens is 410 g/mol. The quantitative estimate of drug-likeness (QED) is 0.203. The molecule has 0 heterocycles. The van der Waals surface area contributed by atoms with Gasteiger partial charge in [0.25, 0.3) is 11.6 Å². The number of non-ortho nitro benzene ring substituents is 1. The molecule has 0 unspecified atom stereocenters. The molecular formula is C23H19N5O4. The van der Waals surface area contributed by atoms with Gasteiger partial charge in [-0.2, -0.15) is 5.26 Å². The lowest BCUT2D eigenvalue weighted by Gasteiger charge is -2.10. The molecule has 3 rings (SSSR count). The lowest BCUT2D eigenvalue weighted by atomic mass is 10.2. The van der Waals surface area contributed by atoms with Crippen molar-refractivity contribution < 1.29 is 14.5 Å². The summed E-state index contributed by atoms with van der Waals surface area (Å²) in [5.41, 5.74) is 2.37. The van der Waals surface area contributed by atoms with Gasteiger partial charge in [0.05, 0.1) is 23.8 Å². The predicted octanol–water partition coefficient (Wildman–Crippen LogP) is 4.81. The molecule has 0 fully saturated rings. The Morgan fingerprint density at radius 2 is 1.69 bits per heavy atom. The third kappa shape index (κ3) is 5.61. The van der Waals surface area contributed by atoms with Gasteiger partial charge in [-0.25, -0.2) is 0 Å². The van der Waals surface area contributed by atoms with E-state index in [1.807, 2.05) is 48.5 Å². The minimum absolute atomic E-state index is 0.110. The number of nitro benzene ring substituents is 1. The van der Waals surface area contributed by atoms with Crippen molar-refractivity contribution in [3.63, 3.8) is 0 Å². The number of amides is 1. The summed E-state index contributed by atoms with van der Waals surface area (Å²) in [6.45, 7) is 0. The second-order valence-corrected chi connectivity index (χ2v) is 6.48. The van der Waals surface area contributed by atoms with Crippen LogP contribution in [0.3, 0.4) is 0 Å². The summed E-state index contributed by atoms with van der Waals surface area (Å²) in [5, 5.41) is 28.9. The second kappa shape index (κ2) is 10.3. The van der Waals surface area contributed by atoms with Crippen molar-refractivity contribution in [1.82, 2.24) is 0 Å². The second-order valence-electron chi connectivity index (χ2n) is 6.48. The molecule has 0 atom stereocenters. The van der Waals surface area contributed by atoms with Gasteiger partial charge in [0.1, 0.15) is 17.4 Å². The third-order valence-corrected chi connectivity index (χ3v) is 4.34. The van der Waals surface area contributed by atoms with Crippen molar-refractivity contribution in [2.75, 3.05) is 23.1 Å². The van der Waals surface area contributed by atoms with E-state index in [1.165, 1.54) is 31.5 Å². The maximum atomic E-state index is 12.5. The Bertz CT molecular complexity index is 1190. The first kappa shape index (κ1) is 21.9. The summed E-state index contributed by atoms with van der Waals surface area (Å²) in [5.74, 6) is -0.575. The van der Waals surface area contributed by atoms with Crippen molar-refractivity contribution in [2.24, 2.45) is 0 Å². The Morgan fingerprint density at radius 1 is 1.03 bits per heavy atom. The molecule has 32 heavy (non-hydrogen) atoms. The number of nitriles is 1. The van der Waals surface area contributed by atoms with E-state index in [-0.39, 0.29) is 22.7 Å². The Morgan fingerprint density at radius 3 is 2.31 bits per heavy atom. The first-order valence-electron chi connectivity index (χ1n) is 9.43. The summed E-state index contributed by atoms with van der Waals surface area (Å²) < 4.78 is 5.09. The van der Waals surface area contributed by atoms with Gasteiger partial charge in [-0.3, -0.25) is 14.9 Å². The van der Waals surface area contributed by atoms with Gasteiger partial charge in [0, 0.05) is 29.3 Å². The highest BCUT2D eigenvalue weighted by atomic mass is 16.6. The Labute approximate surface area is 184 Å². The number of ether oxygens (including phenoxy) is 1. The number of carbonyl (C=O) groups is 1. The lowest BCUT2D eigenvalue weighted by Crippen LogP contribution is -2.15. The molecule has 0 radical (unpaired) electrons. The summed E-state index contributed by atoms with van der Waals surface area (Å²) in [7, 11) is 1.33. The van der Waals surface area contributed by atoms with Crippen LogP contribution in [0, 0.1) is 21.4 Å². The molecule has 0 aliphatic carbocycles. The molecule has 0 aromatic heterocycles. The van der Waals surface area contributed by atoms with Gasteiger partial charge in [-0.1, -0.05) is 18.2 Å². The minimum Gasteiger partial charge on any atom is -0.494 e. The number of nitrogens with one attached hydrogen (secondary N) is 3. The normalized spacial score (nSPS) is 10.6. The van der Waals surface area contributed by atoms with Gasteiger partial charge >= 0.3 is 0 Å². The van der Waals surface area contributed by atoms with Crippen LogP contribution < -0.4 is 20.7 Å². The van der Waals surface area contributed by atoms with Crippen LogP contribution in [-0.2, 0) is 4.79 Å². The van der Waals surface area contributed by atoms with E-state index in [0.717, 1.165) is 11.4 Å². The highest BCUT2D eigenvalue weighted by molar-refractivity contribution is 6.07. The van der Waals surface area contributed by atoms with Crippen LogP contribution in [0.4, 0.5) is 28.4 Å². The van der Waals surface area contributed by atoms with Crippen LogP contribution >= 0.6 is 0 Å². The van der Waals surface area contributed by atoms with Crippen LogP contribution in [0.15, 0.2) is 84.6 Å². The third-order valence-electron chi connectivity index (χ3n) is 4.34. The number of methoxy groups -OCH3 is 1. The molecule has 3 aromatic rings. The predicted molar refractivity (Wildman–Crippen MR) is 122 cm³/mol. The molecule has 3 N–H and O–H groups in total. The van der Waals surface area contributed by atoms with Crippen molar-refractivity contribution in [2.45, 2.75) is 0 Å². The zero-order valence-electron chi connectivity index (χ0n) is 17.0. The van der Waals surface area contributed by atoms with E-state index < -0.39 is 10.8 Å². The number of benzene rings is 3. The minimum atomic E-state index is -0.686. The molecule has 0 aliphatic rings. The van der Waals surface area contributed by atoms with E-state index in [9.17, 15) is 20.2 Å². The Kier molecular flexibility index (Phi) is 7.01. The van der Waals surface area contributed by atoms with Crippen LogP contribution in [0.2, 0.25) is 0 Å². The first-order valence-corrected chi connectivity index (χ1v) is 9.43. The number of anilines is 4. The van der Waals surface area contributed by atoms with Gasteiger partial charge in [-0.05, 0) is 42.5 Å². The molecule has 0 bridgehead atoms. The van der Waals surface area contributed by atoms with Gasteiger partial charge in [0.2, 0.25) is 0 Å². The van der Waals surface area contributed by atoms with Crippen molar-refractivity contribution in [3.8, 4) is 11.8 Å². The van der Waals surface area contributed by atoms with Crippen LogP contribution in [0.25, 0.3) is 0 Å².